The van der Waals surface area contributed by atoms with E-state index in [-0.39, 0.29) is 41.3 Å². The van der Waals surface area contributed by atoms with Gasteiger partial charge in [-0.1, -0.05) is 23.7 Å². The highest BCUT2D eigenvalue weighted by molar-refractivity contribution is 6.30. The van der Waals surface area contributed by atoms with Gasteiger partial charge in [0.05, 0.1) is 29.4 Å². The summed E-state index contributed by atoms with van der Waals surface area (Å²) in [6, 6.07) is 10.5. The molecule has 1 atom stereocenters. The molecular weight excluding hydrogens is 454 g/mol. The summed E-state index contributed by atoms with van der Waals surface area (Å²) in [5.74, 6) is -1.56. The Hall–Kier alpha value is -3.97. The van der Waals surface area contributed by atoms with E-state index >= 15 is 0 Å². The molecule has 11 heteroatoms. The second kappa shape index (κ2) is 8.88. The maximum Gasteiger partial charge on any atom is 0.322 e. The van der Waals surface area contributed by atoms with Crippen LogP contribution in [0.15, 0.2) is 42.5 Å². The first kappa shape index (κ1) is 22.2. The van der Waals surface area contributed by atoms with Gasteiger partial charge in [0, 0.05) is 22.8 Å². The van der Waals surface area contributed by atoms with Gasteiger partial charge in [-0.05, 0) is 30.3 Å². The third kappa shape index (κ3) is 4.23. The van der Waals surface area contributed by atoms with Crippen molar-refractivity contribution in [2.75, 3.05) is 18.5 Å². The van der Waals surface area contributed by atoms with Crippen molar-refractivity contribution in [2.45, 2.75) is 12.6 Å². The lowest BCUT2D eigenvalue weighted by Gasteiger charge is -2.33. The Balaban J connectivity index is 1.68. The number of nitrogens with one attached hydrogen (secondary N) is 1. The summed E-state index contributed by atoms with van der Waals surface area (Å²) in [6.45, 7) is -0.965. The van der Waals surface area contributed by atoms with Crippen molar-refractivity contribution in [1.29, 1.82) is 5.26 Å². The molecule has 3 N–H and O–H groups in total. The molecule has 0 bridgehead atoms. The summed E-state index contributed by atoms with van der Waals surface area (Å²) in [7, 11) is 0. The minimum atomic E-state index is -0.858. The Morgan fingerprint density at radius 3 is 2.73 bits per heavy atom. The fourth-order valence-electron chi connectivity index (χ4n) is 3.75. The van der Waals surface area contributed by atoms with Gasteiger partial charge in [0.1, 0.15) is 24.3 Å². The Kier molecular flexibility index (Phi) is 5.98. The standard InChI is InChI=1S/C22H17ClF2N6O2/c23-14-3-1-2-12(6-14)20-19(21(27)32)18-11-30(10-16(8-24)31(18)29-20)22(33)28-15-5-4-13(9-26)17(25)7-15/h1-7,16H,8,10-11H2,(H2,27,32)(H,28,33). The van der Waals surface area contributed by atoms with Crippen molar-refractivity contribution in [1.82, 2.24) is 14.7 Å². The molecule has 1 aliphatic heterocycles. The van der Waals surface area contributed by atoms with Crippen LogP contribution in [-0.2, 0) is 6.54 Å². The number of aromatic nitrogens is 2. The van der Waals surface area contributed by atoms with E-state index in [2.05, 4.69) is 10.4 Å². The fraction of sp³-hybridized carbons (Fsp3) is 0.182. The molecule has 0 saturated heterocycles. The van der Waals surface area contributed by atoms with Gasteiger partial charge in [-0.2, -0.15) is 10.4 Å². The number of nitriles is 1. The zero-order valence-corrected chi connectivity index (χ0v) is 17.8. The number of benzene rings is 2. The minimum absolute atomic E-state index is 0.0387. The molecule has 0 fully saturated rings. The van der Waals surface area contributed by atoms with Crippen LogP contribution in [0.1, 0.15) is 27.7 Å². The van der Waals surface area contributed by atoms with E-state index < -0.39 is 30.5 Å². The maximum absolute atomic E-state index is 13.9. The average Bonchev–Trinajstić information content (AvgIpc) is 3.18. The largest absolute Gasteiger partial charge is 0.365 e. The summed E-state index contributed by atoms with van der Waals surface area (Å²) < 4.78 is 29.2. The predicted octanol–water partition coefficient (Wildman–Crippen LogP) is 3.87. The van der Waals surface area contributed by atoms with E-state index in [4.69, 9.17) is 22.6 Å². The van der Waals surface area contributed by atoms with Gasteiger partial charge >= 0.3 is 6.03 Å². The molecular formula is C22H17ClF2N6O2. The second-order valence-electron chi connectivity index (χ2n) is 7.41. The number of alkyl halides is 1. The van der Waals surface area contributed by atoms with Crippen LogP contribution < -0.4 is 11.1 Å². The van der Waals surface area contributed by atoms with E-state index in [9.17, 15) is 18.4 Å². The molecule has 33 heavy (non-hydrogen) atoms. The van der Waals surface area contributed by atoms with Crippen LogP contribution in [0.3, 0.4) is 0 Å². The number of rotatable bonds is 4. The summed E-state index contributed by atoms with van der Waals surface area (Å²) in [6.07, 6.45) is 0. The van der Waals surface area contributed by atoms with Crippen molar-refractivity contribution in [3.8, 4) is 17.3 Å². The number of urea groups is 1. The van der Waals surface area contributed by atoms with Gasteiger partial charge < -0.3 is 16.0 Å². The number of fused-ring (bicyclic) bond motifs is 1. The SMILES string of the molecule is N#Cc1ccc(NC(=O)N2Cc3c(C(N)=O)c(-c4cccc(Cl)c4)nn3C(CF)C2)cc1F. The van der Waals surface area contributed by atoms with E-state index in [1.807, 2.05) is 0 Å². The van der Waals surface area contributed by atoms with Crippen molar-refractivity contribution in [3.05, 3.63) is 70.1 Å². The number of nitrogens with two attached hydrogens (primary N) is 1. The molecule has 0 spiro atoms. The van der Waals surface area contributed by atoms with E-state index in [0.717, 1.165) is 6.07 Å². The lowest BCUT2D eigenvalue weighted by Crippen LogP contribution is -2.44. The van der Waals surface area contributed by atoms with Crippen molar-refractivity contribution in [3.63, 3.8) is 0 Å². The molecule has 2 heterocycles. The molecule has 3 amide bonds. The van der Waals surface area contributed by atoms with Gasteiger partial charge in [0.15, 0.2) is 0 Å². The third-order valence-corrected chi connectivity index (χ3v) is 5.51. The topological polar surface area (TPSA) is 117 Å². The van der Waals surface area contributed by atoms with Gasteiger partial charge in [-0.15, -0.1) is 0 Å². The first-order valence-corrected chi connectivity index (χ1v) is 10.2. The predicted molar refractivity (Wildman–Crippen MR) is 117 cm³/mol. The zero-order valence-electron chi connectivity index (χ0n) is 17.1. The van der Waals surface area contributed by atoms with Crippen LogP contribution in [0.5, 0.6) is 0 Å². The third-order valence-electron chi connectivity index (χ3n) is 5.28. The van der Waals surface area contributed by atoms with E-state index in [1.165, 1.54) is 21.7 Å². The summed E-state index contributed by atoms with van der Waals surface area (Å²) in [5.41, 5.74) is 6.72. The Labute approximate surface area is 192 Å². The van der Waals surface area contributed by atoms with E-state index in [1.54, 1.807) is 30.3 Å². The van der Waals surface area contributed by atoms with Crippen molar-refractivity contribution < 1.29 is 18.4 Å². The van der Waals surface area contributed by atoms with Gasteiger partial charge in [0.2, 0.25) is 0 Å². The van der Waals surface area contributed by atoms with Gasteiger partial charge in [-0.25, -0.2) is 13.6 Å². The van der Waals surface area contributed by atoms with Gasteiger partial charge in [-0.3, -0.25) is 9.48 Å². The highest BCUT2D eigenvalue weighted by atomic mass is 35.5. The molecule has 0 aliphatic carbocycles. The highest BCUT2D eigenvalue weighted by Gasteiger charge is 2.34. The summed E-state index contributed by atoms with van der Waals surface area (Å²) >= 11 is 6.06. The van der Waals surface area contributed by atoms with Gasteiger partial charge in [0.25, 0.3) is 5.91 Å². The zero-order chi connectivity index (χ0) is 23.7. The molecule has 4 rings (SSSR count). The smallest absolute Gasteiger partial charge is 0.322 e. The maximum atomic E-state index is 13.9. The number of amides is 3. The molecule has 2 aromatic carbocycles. The number of primary amides is 1. The minimum Gasteiger partial charge on any atom is -0.365 e. The van der Waals surface area contributed by atoms with Crippen LogP contribution in [0.4, 0.5) is 19.3 Å². The molecule has 1 aromatic heterocycles. The summed E-state index contributed by atoms with van der Waals surface area (Å²) in [5, 5.41) is 16.2. The first-order chi connectivity index (χ1) is 15.8. The average molecular weight is 471 g/mol. The molecule has 1 unspecified atom stereocenters. The lowest BCUT2D eigenvalue weighted by molar-refractivity contribution is 0.0995. The molecule has 1 aliphatic rings. The first-order valence-electron chi connectivity index (χ1n) is 9.81. The fourth-order valence-corrected chi connectivity index (χ4v) is 3.94. The number of anilines is 1. The number of hydrogen-bond acceptors (Lipinski definition) is 4. The molecule has 3 aromatic rings. The number of carbonyl (C=O) groups excluding carboxylic acids is 2. The molecule has 168 valence electrons. The van der Waals surface area contributed by atoms with Crippen molar-refractivity contribution >= 4 is 29.2 Å². The number of hydrogen-bond donors (Lipinski definition) is 2. The highest BCUT2D eigenvalue weighted by Crippen LogP contribution is 2.33. The normalized spacial score (nSPS) is 15.0. The van der Waals surface area contributed by atoms with Crippen LogP contribution >= 0.6 is 11.6 Å². The number of halogens is 3. The van der Waals surface area contributed by atoms with Crippen molar-refractivity contribution in [2.24, 2.45) is 5.73 Å². The lowest BCUT2D eigenvalue weighted by atomic mass is 10.0. The molecule has 0 saturated carbocycles. The Bertz CT molecular complexity index is 1300. The number of nitrogens with zero attached hydrogens (tertiary/aromatic N) is 4. The van der Waals surface area contributed by atoms with Crippen LogP contribution in [0, 0.1) is 17.1 Å². The second-order valence-corrected chi connectivity index (χ2v) is 7.85. The van der Waals surface area contributed by atoms with Crippen LogP contribution in [0.25, 0.3) is 11.3 Å². The molecule has 0 radical (unpaired) electrons. The molecule has 8 nitrogen and oxygen atoms in total. The number of carbonyl (C=O) groups is 2. The van der Waals surface area contributed by atoms with E-state index in [0.29, 0.717) is 10.6 Å². The van der Waals surface area contributed by atoms with Crippen LogP contribution in [-0.4, -0.2) is 39.8 Å². The monoisotopic (exact) mass is 470 g/mol. The Morgan fingerprint density at radius 2 is 2.09 bits per heavy atom. The summed E-state index contributed by atoms with van der Waals surface area (Å²) in [4.78, 5) is 26.5. The quantitative estimate of drug-likeness (QED) is 0.601. The van der Waals surface area contributed by atoms with Crippen LogP contribution in [0.2, 0.25) is 5.02 Å². The Morgan fingerprint density at radius 1 is 1.30 bits per heavy atom.